The van der Waals surface area contributed by atoms with Crippen LogP contribution in [0.3, 0.4) is 0 Å². The van der Waals surface area contributed by atoms with E-state index in [0.29, 0.717) is 0 Å². The minimum atomic E-state index is 0. The first-order chi connectivity index (χ1) is 0. The average molecular weight is 294 g/mol. The molecule has 0 aliphatic carbocycles. The summed E-state index contributed by atoms with van der Waals surface area (Å²) in [5, 5.41) is 0. The molecule has 0 aromatic heterocycles. The molecule has 0 heterocycles. The molecule has 0 saturated heterocycles. The van der Waals surface area contributed by atoms with Crippen molar-refractivity contribution < 1.29 is 16.4 Å². The van der Waals surface area contributed by atoms with E-state index in [1.807, 2.05) is 0 Å². The summed E-state index contributed by atoms with van der Waals surface area (Å²) in [5.74, 6) is 0. The zero-order chi connectivity index (χ0) is 0. The molecule has 0 aliphatic heterocycles. The molecule has 0 aliphatic rings. The third-order valence-electron chi connectivity index (χ3n) is 0. The Morgan fingerprint density at radius 3 is 0.500 bits per heavy atom. The second-order valence-electron chi connectivity index (χ2n) is 0. The van der Waals surface area contributed by atoms with Crippen molar-refractivity contribution in [3.05, 3.63) is 0 Å². The summed E-state index contributed by atoms with van der Waals surface area (Å²) in [6.07, 6.45) is 0. The summed E-state index contributed by atoms with van der Waals surface area (Å²) in [6.45, 7) is 0. The molecule has 3 nitrogen and oxygen atoms in total. The van der Waals surface area contributed by atoms with Gasteiger partial charge < -0.3 is 16.4 Å². The molecular formula is CH4In2O3. The molecule has 0 fully saturated rings. The Hall–Kier alpha value is 1.62. The van der Waals surface area contributed by atoms with E-state index in [2.05, 4.69) is 0 Å². The van der Waals surface area contributed by atoms with Gasteiger partial charge in [0.25, 0.3) is 0 Å². The molecule has 0 unspecified atom stereocenters. The molecule has 0 saturated carbocycles. The third kappa shape index (κ3) is 45.7. The fourth-order valence-electron chi connectivity index (χ4n) is 0. The van der Waals surface area contributed by atoms with Gasteiger partial charge in [-0.25, -0.2) is 0 Å². The smallest absolute Gasteiger partial charge is 2.00 e. The van der Waals surface area contributed by atoms with Crippen LogP contribution in [-0.2, 0) is 16.4 Å². The van der Waals surface area contributed by atoms with Crippen molar-refractivity contribution in [1.29, 1.82) is 0 Å². The molecule has 0 aromatic carbocycles. The van der Waals surface area contributed by atoms with Gasteiger partial charge in [0.15, 0.2) is 0 Å². The van der Waals surface area contributed by atoms with E-state index >= 15 is 0 Å². The first-order valence-electron chi connectivity index (χ1n) is 0. The SMILES string of the molecule is C.[In+3].[In+3].[O-2].[O-2].[O-2]. The minimum Gasteiger partial charge on any atom is -2.00 e. The Morgan fingerprint density at radius 2 is 0.500 bits per heavy atom. The van der Waals surface area contributed by atoms with Gasteiger partial charge in [0.1, 0.15) is 0 Å². The summed E-state index contributed by atoms with van der Waals surface area (Å²) < 4.78 is 0. The van der Waals surface area contributed by atoms with Crippen LogP contribution in [-0.4, -0.2) is 51.7 Å². The van der Waals surface area contributed by atoms with Gasteiger partial charge in [-0.05, 0) is 0 Å². The quantitative estimate of drug-likeness (QED) is 0.578. The predicted molar refractivity (Wildman–Crippen MR) is 20.3 cm³/mol. The van der Waals surface area contributed by atoms with Crippen LogP contribution in [0.25, 0.3) is 0 Å². The van der Waals surface area contributed by atoms with Crippen molar-refractivity contribution in [2.24, 2.45) is 0 Å². The van der Waals surface area contributed by atoms with Crippen LogP contribution < -0.4 is 0 Å². The standard InChI is InChI=1S/CH4.2In.3O/h1H4;;;;;/q;2*+3;3*-2. The summed E-state index contributed by atoms with van der Waals surface area (Å²) >= 11 is 0. The van der Waals surface area contributed by atoms with Crippen molar-refractivity contribution in [2.45, 2.75) is 7.43 Å². The van der Waals surface area contributed by atoms with Gasteiger partial charge in [0.05, 0.1) is 0 Å². The monoisotopic (exact) mass is 294 g/mol. The zero-order valence-electron chi connectivity index (χ0n) is 2.38. The second kappa shape index (κ2) is 79.7. The van der Waals surface area contributed by atoms with Gasteiger partial charge in [-0.2, -0.15) is 0 Å². The van der Waals surface area contributed by atoms with Crippen molar-refractivity contribution in [3.8, 4) is 0 Å². The summed E-state index contributed by atoms with van der Waals surface area (Å²) in [6, 6.07) is 0. The van der Waals surface area contributed by atoms with Gasteiger partial charge in [-0.1, -0.05) is 7.43 Å². The summed E-state index contributed by atoms with van der Waals surface area (Å²) in [7, 11) is 0. The van der Waals surface area contributed by atoms with Gasteiger partial charge in [0.2, 0.25) is 0 Å². The topological polar surface area (TPSA) is 85.5 Å². The molecule has 0 radical (unpaired) electrons. The van der Waals surface area contributed by atoms with E-state index in [9.17, 15) is 0 Å². The molecule has 0 amide bonds. The molecule has 6 heavy (non-hydrogen) atoms. The summed E-state index contributed by atoms with van der Waals surface area (Å²) in [5.41, 5.74) is 0. The molecule has 32 valence electrons. The first-order valence-corrected chi connectivity index (χ1v) is 0. The van der Waals surface area contributed by atoms with Crippen LogP contribution >= 0.6 is 0 Å². The van der Waals surface area contributed by atoms with E-state index in [0.717, 1.165) is 0 Å². The Morgan fingerprint density at radius 1 is 0.500 bits per heavy atom. The molecule has 0 spiro atoms. The number of hydrogen-bond acceptors (Lipinski definition) is 0. The maximum atomic E-state index is 0. The van der Waals surface area contributed by atoms with E-state index in [1.165, 1.54) is 0 Å². The van der Waals surface area contributed by atoms with Crippen LogP contribution in [0.4, 0.5) is 0 Å². The van der Waals surface area contributed by atoms with E-state index in [1.54, 1.807) is 0 Å². The maximum absolute atomic E-state index is 0. The maximum Gasteiger partial charge on any atom is 3.00 e. The van der Waals surface area contributed by atoms with Gasteiger partial charge >= 0.3 is 51.7 Å². The van der Waals surface area contributed by atoms with Crippen LogP contribution in [0, 0.1) is 0 Å². The zero-order valence-corrected chi connectivity index (χ0v) is 8.97. The fraction of sp³-hybridized carbons (Fsp3) is 1.00. The van der Waals surface area contributed by atoms with Crippen LogP contribution in [0.2, 0.25) is 0 Å². The van der Waals surface area contributed by atoms with Gasteiger partial charge in [-0.3, -0.25) is 0 Å². The molecule has 0 atom stereocenters. The molecular weight excluding hydrogens is 290 g/mol. The van der Waals surface area contributed by atoms with Crippen molar-refractivity contribution in [2.75, 3.05) is 0 Å². The average Bonchev–Trinajstić information content (AvgIpc) is 0. The van der Waals surface area contributed by atoms with E-state index in [-0.39, 0.29) is 75.5 Å². The molecule has 0 bridgehead atoms. The van der Waals surface area contributed by atoms with E-state index < -0.39 is 0 Å². The number of rotatable bonds is 0. The van der Waals surface area contributed by atoms with Crippen LogP contribution in [0.5, 0.6) is 0 Å². The van der Waals surface area contributed by atoms with Gasteiger partial charge in [-0.15, -0.1) is 0 Å². The predicted octanol–water partition coefficient (Wildman–Crippen LogP) is -0.482. The van der Waals surface area contributed by atoms with Crippen molar-refractivity contribution >= 4 is 51.7 Å². The van der Waals surface area contributed by atoms with Crippen molar-refractivity contribution in [3.63, 3.8) is 0 Å². The van der Waals surface area contributed by atoms with E-state index in [4.69, 9.17) is 0 Å². The molecule has 0 aromatic rings. The van der Waals surface area contributed by atoms with Crippen LogP contribution in [0.1, 0.15) is 7.43 Å². The minimum absolute atomic E-state index is 0. The third-order valence-corrected chi connectivity index (χ3v) is 0. The fourth-order valence-corrected chi connectivity index (χ4v) is 0. The second-order valence-corrected chi connectivity index (χ2v) is 0. The Bertz CT molecular complexity index is 8.75. The number of hydrogen-bond donors (Lipinski definition) is 0. The Balaban J connectivity index is 0. The normalized spacial score (nSPS) is 0. The van der Waals surface area contributed by atoms with Gasteiger partial charge in [0, 0.05) is 0 Å². The Kier molecular flexibility index (Phi) is 1690. The first kappa shape index (κ1) is 127. The molecule has 0 N–H and O–H groups in total. The molecule has 0 rings (SSSR count). The Labute approximate surface area is 75.0 Å². The van der Waals surface area contributed by atoms with Crippen LogP contribution in [0.15, 0.2) is 0 Å². The van der Waals surface area contributed by atoms with Crippen molar-refractivity contribution in [1.82, 2.24) is 0 Å². The molecule has 5 heteroatoms. The largest absolute Gasteiger partial charge is 3.00 e. The summed E-state index contributed by atoms with van der Waals surface area (Å²) in [4.78, 5) is 0.